The number of rotatable bonds is 9. The average Bonchev–Trinajstić information content (AvgIpc) is 2.97. The standard InChI is InChI=1S/C38H48N2O2/c41-35(37-19-29-13-30(20-37)15-31(14-29)21-37)39(25-27-7-3-1-4-8-27)11-12-40(26-28-9-5-2-6-10-28)36(42)38-22-32-16-33(23-38)18-34(17-32)24-38/h1-10,29-34H,11-26H2. The van der Waals surface area contributed by atoms with Crippen LogP contribution < -0.4 is 0 Å². The molecule has 0 aliphatic heterocycles. The van der Waals surface area contributed by atoms with E-state index >= 15 is 0 Å². The molecule has 0 saturated heterocycles. The lowest BCUT2D eigenvalue weighted by Gasteiger charge is -2.57. The summed E-state index contributed by atoms with van der Waals surface area (Å²) in [6.07, 6.45) is 14.6. The normalized spacial score (nSPS) is 37.1. The van der Waals surface area contributed by atoms with E-state index < -0.39 is 0 Å². The van der Waals surface area contributed by atoms with Gasteiger partial charge in [0.15, 0.2) is 0 Å². The predicted octanol–water partition coefficient (Wildman–Crippen LogP) is 7.48. The van der Waals surface area contributed by atoms with E-state index in [0.717, 1.165) is 74.0 Å². The molecule has 8 saturated carbocycles. The first-order chi connectivity index (χ1) is 20.5. The van der Waals surface area contributed by atoms with Crippen LogP contribution >= 0.6 is 0 Å². The number of hydrogen-bond acceptors (Lipinski definition) is 2. The monoisotopic (exact) mass is 564 g/mol. The van der Waals surface area contributed by atoms with Gasteiger partial charge in [0, 0.05) is 26.2 Å². The minimum Gasteiger partial charge on any atom is -0.336 e. The lowest BCUT2D eigenvalue weighted by molar-refractivity contribution is -0.162. The number of carbonyl (C=O) groups is 2. The van der Waals surface area contributed by atoms with Crippen LogP contribution in [0.3, 0.4) is 0 Å². The van der Waals surface area contributed by atoms with Crippen molar-refractivity contribution in [1.82, 2.24) is 9.80 Å². The van der Waals surface area contributed by atoms with Crippen LogP contribution in [0.5, 0.6) is 0 Å². The molecular weight excluding hydrogens is 516 g/mol. The minimum absolute atomic E-state index is 0.169. The van der Waals surface area contributed by atoms with Gasteiger partial charge in [-0.15, -0.1) is 0 Å². The summed E-state index contributed by atoms with van der Waals surface area (Å²) in [4.78, 5) is 33.7. The fourth-order valence-corrected chi connectivity index (χ4v) is 11.8. The van der Waals surface area contributed by atoms with Crippen molar-refractivity contribution in [3.8, 4) is 0 Å². The first-order valence-corrected chi connectivity index (χ1v) is 17.1. The zero-order chi connectivity index (χ0) is 28.3. The maximum absolute atomic E-state index is 14.7. The Balaban J connectivity index is 1.07. The van der Waals surface area contributed by atoms with E-state index in [4.69, 9.17) is 0 Å². The lowest BCUT2D eigenvalue weighted by atomic mass is 9.49. The Morgan fingerprint density at radius 2 is 0.786 bits per heavy atom. The first-order valence-electron chi connectivity index (χ1n) is 17.1. The van der Waals surface area contributed by atoms with E-state index in [0.29, 0.717) is 38.0 Å². The SMILES string of the molecule is O=C(N(CCN(Cc1ccccc1)C(=O)C12CC3CC(CC(C3)C1)C2)Cc1ccccc1)C12CC3CC(CC(C3)C1)C2. The van der Waals surface area contributed by atoms with E-state index in [2.05, 4.69) is 70.5 Å². The average molecular weight is 565 g/mol. The number of nitrogens with zero attached hydrogens (tertiary/aromatic N) is 2. The van der Waals surface area contributed by atoms with Crippen LogP contribution in [0.4, 0.5) is 0 Å². The molecule has 8 fully saturated rings. The van der Waals surface area contributed by atoms with Crippen molar-refractivity contribution < 1.29 is 9.59 Å². The number of amides is 2. The molecule has 2 aromatic carbocycles. The summed E-state index contributed by atoms with van der Waals surface area (Å²) in [7, 11) is 0. The summed E-state index contributed by atoms with van der Waals surface area (Å²) in [6.45, 7) is 2.54. The Morgan fingerprint density at radius 1 is 0.500 bits per heavy atom. The molecule has 4 nitrogen and oxygen atoms in total. The molecule has 10 rings (SSSR count). The fourth-order valence-electron chi connectivity index (χ4n) is 11.8. The van der Waals surface area contributed by atoms with E-state index in [-0.39, 0.29) is 10.8 Å². The summed E-state index contributed by atoms with van der Waals surface area (Å²) in [5.74, 6) is 5.21. The second-order valence-electron chi connectivity index (χ2n) is 15.8. The van der Waals surface area contributed by atoms with Crippen LogP contribution in [0, 0.1) is 46.3 Å². The van der Waals surface area contributed by atoms with E-state index in [1.807, 2.05) is 0 Å². The number of benzene rings is 2. The highest BCUT2D eigenvalue weighted by molar-refractivity contribution is 5.84. The molecule has 0 atom stereocenters. The minimum atomic E-state index is -0.169. The van der Waals surface area contributed by atoms with Crippen LogP contribution in [-0.4, -0.2) is 34.7 Å². The maximum Gasteiger partial charge on any atom is 0.229 e. The highest BCUT2D eigenvalue weighted by Crippen LogP contribution is 2.62. The van der Waals surface area contributed by atoms with E-state index in [1.165, 1.54) is 49.7 Å². The van der Waals surface area contributed by atoms with Gasteiger partial charge in [-0.1, -0.05) is 60.7 Å². The van der Waals surface area contributed by atoms with Crippen LogP contribution in [0.15, 0.2) is 60.7 Å². The summed E-state index contributed by atoms with van der Waals surface area (Å²) < 4.78 is 0. The molecule has 0 radical (unpaired) electrons. The smallest absolute Gasteiger partial charge is 0.229 e. The van der Waals surface area contributed by atoms with E-state index in [1.54, 1.807) is 0 Å². The molecule has 0 spiro atoms. The third-order valence-corrected chi connectivity index (χ3v) is 12.6. The van der Waals surface area contributed by atoms with Crippen molar-refractivity contribution in [2.75, 3.05) is 13.1 Å². The zero-order valence-corrected chi connectivity index (χ0v) is 25.3. The van der Waals surface area contributed by atoms with Crippen molar-refractivity contribution in [3.63, 3.8) is 0 Å². The van der Waals surface area contributed by atoms with E-state index in [9.17, 15) is 9.59 Å². The summed E-state index contributed by atoms with van der Waals surface area (Å²) in [6, 6.07) is 21.1. The molecule has 2 aromatic rings. The van der Waals surface area contributed by atoms with Crippen LogP contribution in [0.25, 0.3) is 0 Å². The Labute approximate surface area is 252 Å². The highest BCUT2D eigenvalue weighted by atomic mass is 16.2. The van der Waals surface area contributed by atoms with Crippen molar-refractivity contribution in [3.05, 3.63) is 71.8 Å². The molecule has 8 bridgehead atoms. The molecule has 42 heavy (non-hydrogen) atoms. The summed E-state index contributed by atoms with van der Waals surface area (Å²) in [5.41, 5.74) is 2.05. The van der Waals surface area contributed by atoms with Gasteiger partial charge >= 0.3 is 0 Å². The van der Waals surface area contributed by atoms with Gasteiger partial charge < -0.3 is 9.80 Å². The maximum atomic E-state index is 14.7. The van der Waals surface area contributed by atoms with Crippen molar-refractivity contribution >= 4 is 11.8 Å². The molecule has 222 valence electrons. The Morgan fingerprint density at radius 3 is 1.07 bits per heavy atom. The quantitative estimate of drug-likeness (QED) is 0.317. The van der Waals surface area contributed by atoms with Gasteiger partial charge in [0.1, 0.15) is 0 Å². The Hall–Kier alpha value is -2.62. The van der Waals surface area contributed by atoms with Crippen LogP contribution in [0.2, 0.25) is 0 Å². The molecular formula is C38H48N2O2. The lowest BCUT2D eigenvalue weighted by Crippen LogP contribution is -2.57. The van der Waals surface area contributed by atoms with Gasteiger partial charge in [-0.2, -0.15) is 0 Å². The largest absolute Gasteiger partial charge is 0.336 e. The summed E-state index contributed by atoms with van der Waals surface area (Å²) in [5, 5.41) is 0. The predicted molar refractivity (Wildman–Crippen MR) is 165 cm³/mol. The Bertz CT molecular complexity index is 1130. The van der Waals surface area contributed by atoms with Gasteiger partial charge in [-0.3, -0.25) is 9.59 Å². The second-order valence-corrected chi connectivity index (χ2v) is 15.8. The molecule has 0 heterocycles. The van der Waals surface area contributed by atoms with Gasteiger partial charge in [0.2, 0.25) is 11.8 Å². The van der Waals surface area contributed by atoms with Crippen molar-refractivity contribution in [2.24, 2.45) is 46.3 Å². The third kappa shape index (κ3) is 4.91. The van der Waals surface area contributed by atoms with Gasteiger partial charge in [-0.05, 0) is 124 Å². The van der Waals surface area contributed by atoms with Crippen LogP contribution in [0.1, 0.15) is 88.2 Å². The summed E-state index contributed by atoms with van der Waals surface area (Å²) >= 11 is 0. The first kappa shape index (κ1) is 27.0. The molecule has 8 aliphatic rings. The van der Waals surface area contributed by atoms with Gasteiger partial charge in [0.05, 0.1) is 10.8 Å². The van der Waals surface area contributed by atoms with Gasteiger partial charge in [0.25, 0.3) is 0 Å². The topological polar surface area (TPSA) is 40.6 Å². The van der Waals surface area contributed by atoms with Crippen molar-refractivity contribution in [1.29, 1.82) is 0 Å². The second kappa shape index (κ2) is 10.5. The highest BCUT2D eigenvalue weighted by Gasteiger charge is 2.57. The number of hydrogen-bond donors (Lipinski definition) is 0. The third-order valence-electron chi connectivity index (χ3n) is 12.6. The molecule has 4 heteroatoms. The fraction of sp³-hybridized carbons (Fsp3) is 0.632. The molecule has 0 N–H and O–H groups in total. The van der Waals surface area contributed by atoms with Crippen molar-refractivity contribution in [2.45, 2.75) is 90.1 Å². The molecule has 0 unspecified atom stereocenters. The molecule has 0 aromatic heterocycles. The molecule has 2 amide bonds. The number of carbonyl (C=O) groups excluding carboxylic acids is 2. The van der Waals surface area contributed by atoms with Crippen LogP contribution in [-0.2, 0) is 22.7 Å². The van der Waals surface area contributed by atoms with Gasteiger partial charge in [-0.25, -0.2) is 0 Å². The molecule has 8 aliphatic carbocycles. The zero-order valence-electron chi connectivity index (χ0n) is 25.3. The Kier molecular flexibility index (Phi) is 6.76.